The molecule has 0 aromatic heterocycles. The van der Waals surface area contributed by atoms with E-state index in [0.717, 1.165) is 0 Å². The predicted molar refractivity (Wildman–Crippen MR) is 43.2 cm³/mol. The normalized spacial score (nSPS) is 12.8. The Hall–Kier alpha value is -0.650. The molecule has 0 aromatic carbocycles. The van der Waals surface area contributed by atoms with Gasteiger partial charge in [0, 0.05) is 7.11 Å². The lowest BCUT2D eigenvalue weighted by Crippen LogP contribution is -2.38. The number of methoxy groups -OCH3 is 1. The van der Waals surface area contributed by atoms with Crippen LogP contribution in [0.2, 0.25) is 0 Å². The number of carbonyl (C=O) groups is 1. The van der Waals surface area contributed by atoms with E-state index in [0.29, 0.717) is 13.2 Å². The van der Waals surface area contributed by atoms with E-state index in [1.807, 2.05) is 0 Å². The van der Waals surface area contributed by atoms with Gasteiger partial charge in [-0.25, -0.2) is 0 Å². The summed E-state index contributed by atoms with van der Waals surface area (Å²) >= 11 is 0. The largest absolute Gasteiger partial charge is 0.480 e. The maximum atomic E-state index is 10.4. The number of rotatable bonds is 7. The SMILES string of the molecule is CNC(COCCOC)C(=O)O. The molecule has 0 saturated heterocycles. The fourth-order valence-corrected chi connectivity index (χ4v) is 0.622. The van der Waals surface area contributed by atoms with E-state index < -0.39 is 12.0 Å². The van der Waals surface area contributed by atoms with Crippen molar-refractivity contribution >= 4 is 5.97 Å². The summed E-state index contributed by atoms with van der Waals surface area (Å²) in [5, 5.41) is 11.2. The third-order valence-corrected chi connectivity index (χ3v) is 1.36. The van der Waals surface area contributed by atoms with Gasteiger partial charge in [-0.1, -0.05) is 0 Å². The lowest BCUT2D eigenvalue weighted by Gasteiger charge is -2.10. The Bertz CT molecular complexity index is 129. The first kappa shape index (κ1) is 11.4. The minimum atomic E-state index is -0.907. The Kier molecular flexibility index (Phi) is 6.64. The van der Waals surface area contributed by atoms with Gasteiger partial charge in [0.2, 0.25) is 0 Å². The zero-order chi connectivity index (χ0) is 9.40. The zero-order valence-electron chi connectivity index (χ0n) is 7.37. The molecule has 0 aliphatic carbocycles. The monoisotopic (exact) mass is 177 g/mol. The van der Waals surface area contributed by atoms with Crippen LogP contribution in [0.15, 0.2) is 0 Å². The molecule has 1 unspecified atom stereocenters. The van der Waals surface area contributed by atoms with Gasteiger partial charge in [-0.2, -0.15) is 0 Å². The molecular weight excluding hydrogens is 162 g/mol. The quantitative estimate of drug-likeness (QED) is 0.504. The van der Waals surface area contributed by atoms with Crippen LogP contribution in [0.5, 0.6) is 0 Å². The van der Waals surface area contributed by atoms with Crippen molar-refractivity contribution in [2.24, 2.45) is 0 Å². The zero-order valence-corrected chi connectivity index (χ0v) is 7.37. The molecule has 0 spiro atoms. The minimum Gasteiger partial charge on any atom is -0.480 e. The van der Waals surface area contributed by atoms with E-state index >= 15 is 0 Å². The summed E-state index contributed by atoms with van der Waals surface area (Å²) in [6.07, 6.45) is 0. The second-order valence-corrected chi connectivity index (χ2v) is 2.25. The number of nitrogens with one attached hydrogen (secondary N) is 1. The van der Waals surface area contributed by atoms with Crippen molar-refractivity contribution in [2.75, 3.05) is 34.0 Å². The maximum absolute atomic E-state index is 10.4. The Morgan fingerprint density at radius 2 is 2.25 bits per heavy atom. The van der Waals surface area contributed by atoms with Crippen LogP contribution in [0.25, 0.3) is 0 Å². The molecule has 0 saturated carbocycles. The van der Waals surface area contributed by atoms with Crippen molar-refractivity contribution in [2.45, 2.75) is 6.04 Å². The third kappa shape index (κ3) is 5.06. The van der Waals surface area contributed by atoms with E-state index in [2.05, 4.69) is 5.32 Å². The second kappa shape index (κ2) is 7.02. The molecule has 0 heterocycles. The Morgan fingerprint density at radius 1 is 1.58 bits per heavy atom. The molecule has 0 radical (unpaired) electrons. The number of ether oxygens (including phenoxy) is 2. The van der Waals surface area contributed by atoms with Gasteiger partial charge in [0.15, 0.2) is 0 Å². The van der Waals surface area contributed by atoms with Crippen molar-refractivity contribution in [1.82, 2.24) is 5.32 Å². The summed E-state index contributed by atoms with van der Waals surface area (Å²) in [6, 6.07) is -0.637. The summed E-state index contributed by atoms with van der Waals surface area (Å²) in [7, 11) is 3.15. The Balaban J connectivity index is 3.38. The Morgan fingerprint density at radius 3 is 2.67 bits per heavy atom. The fraction of sp³-hybridized carbons (Fsp3) is 0.857. The second-order valence-electron chi connectivity index (χ2n) is 2.25. The average Bonchev–Trinajstić information content (AvgIpc) is 2.04. The lowest BCUT2D eigenvalue weighted by atomic mass is 10.3. The highest BCUT2D eigenvalue weighted by Crippen LogP contribution is 1.85. The first-order chi connectivity index (χ1) is 5.72. The Labute approximate surface area is 71.7 Å². The summed E-state index contributed by atoms with van der Waals surface area (Å²) in [6.45, 7) is 1.06. The van der Waals surface area contributed by atoms with Gasteiger partial charge in [0.05, 0.1) is 19.8 Å². The molecule has 2 N–H and O–H groups in total. The van der Waals surface area contributed by atoms with Gasteiger partial charge >= 0.3 is 5.97 Å². The molecular formula is C7H15NO4. The van der Waals surface area contributed by atoms with Crippen molar-refractivity contribution in [3.05, 3.63) is 0 Å². The van der Waals surface area contributed by atoms with Crippen molar-refractivity contribution in [3.63, 3.8) is 0 Å². The molecule has 72 valence electrons. The first-order valence-corrected chi connectivity index (χ1v) is 3.69. The topological polar surface area (TPSA) is 67.8 Å². The van der Waals surface area contributed by atoms with Crippen molar-refractivity contribution in [3.8, 4) is 0 Å². The fourth-order valence-electron chi connectivity index (χ4n) is 0.622. The van der Waals surface area contributed by atoms with Gasteiger partial charge < -0.3 is 19.9 Å². The molecule has 1 atom stereocenters. The highest BCUT2D eigenvalue weighted by atomic mass is 16.5. The van der Waals surface area contributed by atoms with Gasteiger partial charge in [0.1, 0.15) is 6.04 Å². The lowest BCUT2D eigenvalue weighted by molar-refractivity contribution is -0.141. The minimum absolute atomic E-state index is 0.162. The van der Waals surface area contributed by atoms with Crippen LogP contribution >= 0.6 is 0 Å². The molecule has 5 heteroatoms. The smallest absolute Gasteiger partial charge is 0.323 e. The van der Waals surface area contributed by atoms with Crippen LogP contribution in [-0.2, 0) is 14.3 Å². The maximum Gasteiger partial charge on any atom is 0.323 e. The number of hydrogen-bond donors (Lipinski definition) is 2. The number of carboxylic acid groups (broad SMARTS) is 1. The summed E-state index contributed by atoms with van der Waals surface area (Å²) in [5.74, 6) is -0.907. The molecule has 0 aromatic rings. The van der Waals surface area contributed by atoms with Crippen LogP contribution in [0.3, 0.4) is 0 Å². The number of hydrogen-bond acceptors (Lipinski definition) is 4. The summed E-state index contributed by atoms with van der Waals surface area (Å²) in [5.41, 5.74) is 0. The van der Waals surface area contributed by atoms with Crippen molar-refractivity contribution in [1.29, 1.82) is 0 Å². The van der Waals surface area contributed by atoms with Gasteiger partial charge in [-0.05, 0) is 7.05 Å². The average molecular weight is 177 g/mol. The van der Waals surface area contributed by atoms with E-state index in [4.69, 9.17) is 14.6 Å². The van der Waals surface area contributed by atoms with E-state index in [1.54, 1.807) is 14.2 Å². The highest BCUT2D eigenvalue weighted by Gasteiger charge is 2.13. The molecule has 12 heavy (non-hydrogen) atoms. The van der Waals surface area contributed by atoms with Gasteiger partial charge in [-0.3, -0.25) is 4.79 Å². The molecule has 5 nitrogen and oxygen atoms in total. The number of carboxylic acids is 1. The standard InChI is InChI=1S/C7H15NO4/c1-8-6(7(9)10)5-12-4-3-11-2/h6,8H,3-5H2,1-2H3,(H,9,10). The van der Waals surface area contributed by atoms with Crippen LogP contribution in [0, 0.1) is 0 Å². The molecule has 0 fully saturated rings. The third-order valence-electron chi connectivity index (χ3n) is 1.36. The molecule has 0 aliphatic heterocycles. The van der Waals surface area contributed by atoms with Gasteiger partial charge in [0.25, 0.3) is 0 Å². The van der Waals surface area contributed by atoms with Gasteiger partial charge in [-0.15, -0.1) is 0 Å². The molecule has 0 aliphatic rings. The predicted octanol–water partition coefficient (Wildman–Crippen LogP) is -0.678. The summed E-state index contributed by atoms with van der Waals surface area (Å²) in [4.78, 5) is 10.4. The molecule has 0 amide bonds. The first-order valence-electron chi connectivity index (χ1n) is 3.69. The van der Waals surface area contributed by atoms with Crippen LogP contribution in [0.4, 0.5) is 0 Å². The number of likely N-dealkylation sites (N-methyl/N-ethyl adjacent to an activating group) is 1. The summed E-state index contributed by atoms with van der Waals surface area (Å²) < 4.78 is 9.74. The van der Waals surface area contributed by atoms with Crippen molar-refractivity contribution < 1.29 is 19.4 Å². The number of aliphatic carboxylic acids is 1. The molecule has 0 bridgehead atoms. The highest BCUT2D eigenvalue weighted by molar-refractivity contribution is 5.73. The molecule has 0 rings (SSSR count). The van der Waals surface area contributed by atoms with E-state index in [1.165, 1.54) is 0 Å². The van der Waals surface area contributed by atoms with E-state index in [9.17, 15) is 4.79 Å². The van der Waals surface area contributed by atoms with Crippen LogP contribution in [-0.4, -0.2) is 51.1 Å². The van der Waals surface area contributed by atoms with Crippen LogP contribution in [0.1, 0.15) is 0 Å². The van der Waals surface area contributed by atoms with Crippen LogP contribution < -0.4 is 5.32 Å². The van der Waals surface area contributed by atoms with E-state index in [-0.39, 0.29) is 6.61 Å².